The molecule has 0 spiro atoms. The van der Waals surface area contributed by atoms with E-state index in [0.29, 0.717) is 13.1 Å². The van der Waals surface area contributed by atoms with Crippen molar-refractivity contribution in [3.63, 3.8) is 0 Å². The summed E-state index contributed by atoms with van der Waals surface area (Å²) in [5, 5.41) is 17.0. The molecule has 0 radical (unpaired) electrons. The van der Waals surface area contributed by atoms with Crippen LogP contribution in [-0.4, -0.2) is 67.6 Å². The average Bonchev–Trinajstić information content (AvgIpc) is 3.26. The van der Waals surface area contributed by atoms with Gasteiger partial charge in [0.2, 0.25) is 0 Å². The van der Waals surface area contributed by atoms with Gasteiger partial charge >= 0.3 is 6.03 Å². The van der Waals surface area contributed by atoms with Crippen molar-refractivity contribution in [2.75, 3.05) is 31.5 Å². The van der Waals surface area contributed by atoms with Gasteiger partial charge in [0, 0.05) is 44.4 Å². The Labute approximate surface area is 138 Å². The van der Waals surface area contributed by atoms with Crippen LogP contribution in [0.4, 0.5) is 10.7 Å². The van der Waals surface area contributed by atoms with Gasteiger partial charge in [0.25, 0.3) is 5.95 Å². The number of hydrogen-bond acceptors (Lipinski definition) is 5. The Hall–Kier alpha value is -2.94. The average molecular weight is 326 g/mol. The van der Waals surface area contributed by atoms with Crippen molar-refractivity contribution < 1.29 is 4.79 Å². The zero-order chi connectivity index (χ0) is 16.4. The third-order valence-electron chi connectivity index (χ3n) is 4.25. The third-order valence-corrected chi connectivity index (χ3v) is 4.25. The van der Waals surface area contributed by atoms with E-state index in [2.05, 4.69) is 60.1 Å². The highest BCUT2D eigenvalue weighted by atomic mass is 16.2. The molecule has 0 saturated carbocycles. The number of aromatic nitrogens is 5. The molecular weight excluding hydrogens is 308 g/mol. The van der Waals surface area contributed by atoms with Crippen molar-refractivity contribution in [2.24, 2.45) is 0 Å². The van der Waals surface area contributed by atoms with Crippen molar-refractivity contribution in [1.82, 2.24) is 35.4 Å². The van der Waals surface area contributed by atoms with Gasteiger partial charge in [-0.1, -0.05) is 17.2 Å². The third kappa shape index (κ3) is 3.06. The summed E-state index contributed by atoms with van der Waals surface area (Å²) in [6.07, 6.45) is 1.95. The van der Waals surface area contributed by atoms with Crippen molar-refractivity contribution in [2.45, 2.75) is 6.54 Å². The van der Waals surface area contributed by atoms with E-state index in [0.717, 1.165) is 25.2 Å². The number of hydrogen-bond donors (Lipinski definition) is 3. The normalized spacial score (nSPS) is 15.8. The molecular formula is C15H18N8O. The number of benzene rings is 1. The van der Waals surface area contributed by atoms with E-state index in [9.17, 15) is 4.79 Å². The number of H-pyrrole nitrogens is 2. The first-order valence-electron chi connectivity index (χ1n) is 7.86. The maximum atomic E-state index is 12.1. The number of aromatic amines is 2. The van der Waals surface area contributed by atoms with Gasteiger partial charge in [-0.2, -0.15) is 5.21 Å². The van der Waals surface area contributed by atoms with Crippen LogP contribution in [0.25, 0.3) is 10.9 Å². The second kappa shape index (κ2) is 6.28. The Morgan fingerprint density at radius 2 is 2.08 bits per heavy atom. The number of carbonyl (C=O) groups excluding carboxylic acids is 1. The van der Waals surface area contributed by atoms with Crippen LogP contribution in [0.3, 0.4) is 0 Å². The number of nitrogens with zero attached hydrogens (tertiary/aromatic N) is 5. The van der Waals surface area contributed by atoms with Gasteiger partial charge in [0.05, 0.1) is 0 Å². The first-order chi connectivity index (χ1) is 11.8. The molecule has 24 heavy (non-hydrogen) atoms. The van der Waals surface area contributed by atoms with E-state index in [1.165, 1.54) is 10.9 Å². The zero-order valence-electron chi connectivity index (χ0n) is 13.1. The van der Waals surface area contributed by atoms with Crippen LogP contribution in [0.5, 0.6) is 0 Å². The number of anilines is 1. The molecule has 1 aromatic carbocycles. The summed E-state index contributed by atoms with van der Waals surface area (Å²) in [4.78, 5) is 19.5. The maximum Gasteiger partial charge on any atom is 0.324 e. The molecule has 1 saturated heterocycles. The minimum atomic E-state index is -0.191. The molecule has 1 fully saturated rings. The molecule has 9 heteroatoms. The van der Waals surface area contributed by atoms with Crippen LogP contribution in [0.1, 0.15) is 5.56 Å². The summed E-state index contributed by atoms with van der Waals surface area (Å²) < 4.78 is 0. The number of piperazine rings is 1. The molecule has 9 nitrogen and oxygen atoms in total. The Balaban J connectivity index is 1.31. The molecule has 0 atom stereocenters. The van der Waals surface area contributed by atoms with Gasteiger partial charge in [0.15, 0.2) is 0 Å². The van der Waals surface area contributed by atoms with Gasteiger partial charge in [0.1, 0.15) is 0 Å². The van der Waals surface area contributed by atoms with Gasteiger partial charge in [-0.05, 0) is 28.3 Å². The van der Waals surface area contributed by atoms with Crippen molar-refractivity contribution in [1.29, 1.82) is 0 Å². The highest BCUT2D eigenvalue weighted by molar-refractivity contribution is 5.87. The van der Waals surface area contributed by atoms with Gasteiger partial charge in [-0.3, -0.25) is 10.2 Å². The van der Waals surface area contributed by atoms with E-state index in [-0.39, 0.29) is 12.0 Å². The minimum absolute atomic E-state index is 0.191. The summed E-state index contributed by atoms with van der Waals surface area (Å²) in [7, 11) is 0. The summed E-state index contributed by atoms with van der Waals surface area (Å²) in [6.45, 7) is 3.91. The van der Waals surface area contributed by atoms with Crippen LogP contribution in [0.2, 0.25) is 0 Å². The quantitative estimate of drug-likeness (QED) is 0.666. The minimum Gasteiger partial charge on any atom is -0.361 e. The molecule has 4 rings (SSSR count). The van der Waals surface area contributed by atoms with Crippen LogP contribution >= 0.6 is 0 Å². The standard InChI is InChI=1S/C15H18N8O/c24-15(17-14-18-20-21-19-14)23-7-5-22(6-8-23)10-11-1-2-12-3-4-16-13(12)9-11/h1-4,9,16H,5-8,10H2,(H2,17,18,19,20,21,24). The molecule has 2 amide bonds. The van der Waals surface area contributed by atoms with Gasteiger partial charge in [-0.25, -0.2) is 4.79 Å². The monoisotopic (exact) mass is 326 g/mol. The number of amides is 2. The Bertz CT molecular complexity index is 819. The van der Waals surface area contributed by atoms with Crippen LogP contribution in [0, 0.1) is 0 Å². The molecule has 0 aliphatic carbocycles. The molecule has 2 aromatic heterocycles. The molecule has 3 N–H and O–H groups in total. The molecule has 124 valence electrons. The number of urea groups is 1. The summed E-state index contributed by atoms with van der Waals surface area (Å²) in [5.74, 6) is 0.196. The van der Waals surface area contributed by atoms with Crippen LogP contribution < -0.4 is 5.32 Å². The van der Waals surface area contributed by atoms with E-state index < -0.39 is 0 Å². The lowest BCUT2D eigenvalue weighted by molar-refractivity contribution is 0.143. The molecule has 1 aliphatic rings. The van der Waals surface area contributed by atoms with Crippen molar-refractivity contribution in [3.05, 3.63) is 36.0 Å². The van der Waals surface area contributed by atoms with E-state index in [1.807, 2.05) is 6.20 Å². The second-order valence-corrected chi connectivity index (χ2v) is 5.83. The molecule has 0 unspecified atom stereocenters. The lowest BCUT2D eigenvalue weighted by atomic mass is 10.1. The van der Waals surface area contributed by atoms with Crippen LogP contribution in [0.15, 0.2) is 30.5 Å². The fourth-order valence-corrected chi connectivity index (χ4v) is 2.95. The van der Waals surface area contributed by atoms with E-state index >= 15 is 0 Å². The number of carbonyl (C=O) groups is 1. The van der Waals surface area contributed by atoms with Crippen molar-refractivity contribution >= 4 is 22.9 Å². The highest BCUT2D eigenvalue weighted by Gasteiger charge is 2.22. The topological polar surface area (TPSA) is 106 Å². The fraction of sp³-hybridized carbons (Fsp3) is 0.333. The molecule has 0 bridgehead atoms. The number of nitrogens with one attached hydrogen (secondary N) is 3. The largest absolute Gasteiger partial charge is 0.361 e. The molecule has 3 heterocycles. The maximum absolute atomic E-state index is 12.1. The predicted octanol–water partition coefficient (Wildman–Crippen LogP) is 1.03. The summed E-state index contributed by atoms with van der Waals surface area (Å²) in [6, 6.07) is 8.36. The van der Waals surface area contributed by atoms with Crippen LogP contribution in [-0.2, 0) is 6.54 Å². The smallest absolute Gasteiger partial charge is 0.324 e. The van der Waals surface area contributed by atoms with Gasteiger partial charge in [-0.15, -0.1) is 5.10 Å². The highest BCUT2D eigenvalue weighted by Crippen LogP contribution is 2.16. The second-order valence-electron chi connectivity index (χ2n) is 5.83. The number of tetrazole rings is 1. The fourth-order valence-electron chi connectivity index (χ4n) is 2.95. The first kappa shape index (κ1) is 14.6. The Morgan fingerprint density at radius 1 is 1.21 bits per heavy atom. The summed E-state index contributed by atoms with van der Waals surface area (Å²) >= 11 is 0. The lowest BCUT2D eigenvalue weighted by Gasteiger charge is -2.34. The Morgan fingerprint density at radius 3 is 2.88 bits per heavy atom. The first-order valence-corrected chi connectivity index (χ1v) is 7.86. The van der Waals surface area contributed by atoms with E-state index in [4.69, 9.17) is 0 Å². The van der Waals surface area contributed by atoms with E-state index in [1.54, 1.807) is 4.90 Å². The molecule has 1 aliphatic heterocycles. The van der Waals surface area contributed by atoms with Gasteiger partial charge < -0.3 is 9.88 Å². The zero-order valence-corrected chi connectivity index (χ0v) is 13.1. The SMILES string of the molecule is O=C(Nc1nn[nH]n1)N1CCN(Cc2ccc3cc[nH]c3c2)CC1. The Kier molecular flexibility index (Phi) is 3.83. The summed E-state index contributed by atoms with van der Waals surface area (Å²) in [5.41, 5.74) is 2.43. The lowest BCUT2D eigenvalue weighted by Crippen LogP contribution is -2.49. The molecule has 3 aromatic rings. The predicted molar refractivity (Wildman–Crippen MR) is 88.3 cm³/mol. The van der Waals surface area contributed by atoms with Crippen molar-refractivity contribution in [3.8, 4) is 0 Å². The number of rotatable bonds is 3. The number of fused-ring (bicyclic) bond motifs is 1.